The van der Waals surface area contributed by atoms with Gasteiger partial charge in [0.15, 0.2) is 0 Å². The highest BCUT2D eigenvalue weighted by Crippen LogP contribution is 2.07. The molecule has 0 unspecified atom stereocenters. The normalized spacial score (nSPS) is 14.8. The second kappa shape index (κ2) is 5.39. The Hall–Kier alpha value is -0.360. The fourth-order valence-electron chi connectivity index (χ4n) is 0.702. The zero-order valence-corrected chi connectivity index (χ0v) is 8.75. The molecule has 1 atom stereocenters. The largest absolute Gasteiger partial charge is 0.357 e. The molecule has 0 aliphatic heterocycles. The van der Waals surface area contributed by atoms with Gasteiger partial charge in [0.05, 0.1) is 16.1 Å². The fraction of sp³-hybridized carbons (Fsp3) is 0.250. The minimum absolute atomic E-state index is 0.203. The molecule has 0 amide bonds. The summed E-state index contributed by atoms with van der Waals surface area (Å²) < 4.78 is 0. The van der Waals surface area contributed by atoms with Gasteiger partial charge in [-0.05, 0) is 12.1 Å². The number of nitrogens with zero attached hydrogens (tertiary/aromatic N) is 1. The van der Waals surface area contributed by atoms with Crippen molar-refractivity contribution in [2.75, 3.05) is 5.75 Å². The topological polar surface area (TPSA) is 59.1 Å². The van der Waals surface area contributed by atoms with Crippen molar-refractivity contribution in [3.8, 4) is 0 Å². The highest BCUT2D eigenvalue weighted by molar-refractivity contribution is 7.98. The third kappa shape index (κ3) is 3.48. The molecule has 0 bridgehead atoms. The SMILES string of the molecule is N[C@@H](CS)C(O)=[SH]c1ccccn1. The van der Waals surface area contributed by atoms with Gasteiger partial charge in [-0.15, -0.1) is 11.4 Å². The van der Waals surface area contributed by atoms with Crippen LogP contribution >= 0.6 is 24.0 Å². The Morgan fingerprint density at radius 2 is 2.46 bits per heavy atom. The van der Waals surface area contributed by atoms with Crippen LogP contribution in [0.15, 0.2) is 29.4 Å². The first-order chi connectivity index (χ1) is 6.24. The second-order valence-electron chi connectivity index (χ2n) is 2.45. The standard InChI is InChI=1S/C8H12N2OS2/c9-6(5-12)8(11)13-7-3-1-2-4-10-7/h1-4,6,11-13H,5,9H2/t6-/m0/s1. The smallest absolute Gasteiger partial charge is 0.0927 e. The van der Waals surface area contributed by atoms with Crippen LogP contribution in [0, 0.1) is 0 Å². The summed E-state index contributed by atoms with van der Waals surface area (Å²) in [5.74, 6) is 0.436. The lowest BCUT2D eigenvalue weighted by Crippen LogP contribution is -2.30. The van der Waals surface area contributed by atoms with Crippen molar-refractivity contribution in [1.29, 1.82) is 0 Å². The Morgan fingerprint density at radius 1 is 1.69 bits per heavy atom. The molecule has 3 N–H and O–H groups in total. The average molecular weight is 216 g/mol. The third-order valence-corrected chi connectivity index (χ3v) is 2.85. The maximum atomic E-state index is 9.46. The number of nitrogens with two attached hydrogens (primary N) is 1. The molecular weight excluding hydrogens is 204 g/mol. The molecule has 0 radical (unpaired) electrons. The third-order valence-electron chi connectivity index (χ3n) is 1.41. The summed E-state index contributed by atoms with van der Waals surface area (Å²) in [4.78, 5) is 4.06. The van der Waals surface area contributed by atoms with E-state index >= 15 is 0 Å². The fourth-order valence-corrected chi connectivity index (χ4v) is 1.80. The van der Waals surface area contributed by atoms with Crippen LogP contribution in [0.25, 0.3) is 0 Å². The Bertz CT molecular complexity index is 289. The van der Waals surface area contributed by atoms with E-state index < -0.39 is 0 Å². The van der Waals surface area contributed by atoms with Crippen LogP contribution in [0.4, 0.5) is 0 Å². The van der Waals surface area contributed by atoms with E-state index in [2.05, 4.69) is 17.6 Å². The van der Waals surface area contributed by atoms with Crippen LogP contribution < -0.4 is 5.73 Å². The molecule has 1 rings (SSSR count). The number of aliphatic hydroxyl groups excluding tert-OH is 1. The predicted octanol–water partition coefficient (Wildman–Crippen LogP) is 0.851. The van der Waals surface area contributed by atoms with E-state index in [9.17, 15) is 5.11 Å². The van der Waals surface area contributed by atoms with Crippen molar-refractivity contribution >= 4 is 29.0 Å². The molecule has 0 aromatic carbocycles. The van der Waals surface area contributed by atoms with Gasteiger partial charge in [0.1, 0.15) is 0 Å². The van der Waals surface area contributed by atoms with Gasteiger partial charge in [-0.1, -0.05) is 6.07 Å². The van der Waals surface area contributed by atoms with E-state index in [0.717, 1.165) is 5.03 Å². The quantitative estimate of drug-likeness (QED) is 0.447. The Labute approximate surface area is 86.4 Å². The monoisotopic (exact) mass is 216 g/mol. The molecule has 0 aliphatic carbocycles. The van der Waals surface area contributed by atoms with Crippen molar-refractivity contribution in [2.45, 2.75) is 11.1 Å². The van der Waals surface area contributed by atoms with Crippen LogP contribution in [0.1, 0.15) is 0 Å². The molecule has 1 heterocycles. The van der Waals surface area contributed by atoms with Gasteiger partial charge in [-0.25, -0.2) is 0 Å². The highest BCUT2D eigenvalue weighted by Gasteiger charge is 2.03. The van der Waals surface area contributed by atoms with Gasteiger partial charge in [0.25, 0.3) is 0 Å². The zero-order valence-electron chi connectivity index (χ0n) is 6.96. The lowest BCUT2D eigenvalue weighted by molar-refractivity contribution is 0.539. The molecule has 0 saturated heterocycles. The summed E-state index contributed by atoms with van der Waals surface area (Å²) in [6.07, 6.45) is 1.68. The number of rotatable bonds is 3. The molecule has 3 nitrogen and oxygen atoms in total. The van der Waals surface area contributed by atoms with E-state index in [1.165, 1.54) is 0 Å². The minimum Gasteiger partial charge on any atom is -0.357 e. The highest BCUT2D eigenvalue weighted by atomic mass is 32.1. The number of pyridine rings is 1. The summed E-state index contributed by atoms with van der Waals surface area (Å²) in [7, 11) is 0. The number of hydrogen-bond donors (Lipinski definition) is 4. The minimum atomic E-state index is -0.382. The van der Waals surface area contributed by atoms with Crippen LogP contribution in [-0.2, 0) is 0 Å². The van der Waals surface area contributed by atoms with Crippen LogP contribution in [-0.4, -0.2) is 26.9 Å². The molecule has 0 fully saturated rings. The van der Waals surface area contributed by atoms with Gasteiger partial charge < -0.3 is 10.8 Å². The maximum absolute atomic E-state index is 9.46. The summed E-state index contributed by atoms with van der Waals surface area (Å²) >= 11 is 4.65. The molecule has 0 saturated carbocycles. The molecular formula is C8H12N2OS2. The summed E-state index contributed by atoms with van der Waals surface area (Å²) in [6.45, 7) is 0. The molecule has 5 heteroatoms. The number of aliphatic hydroxyl groups is 1. The van der Waals surface area contributed by atoms with Crippen LogP contribution in [0.2, 0.25) is 0 Å². The van der Waals surface area contributed by atoms with Crippen molar-refractivity contribution in [2.24, 2.45) is 5.73 Å². The van der Waals surface area contributed by atoms with Gasteiger partial charge in [-0.3, -0.25) is 4.98 Å². The molecule has 0 aliphatic rings. The maximum Gasteiger partial charge on any atom is 0.0927 e. The average Bonchev–Trinajstić information content (AvgIpc) is 2.18. The Morgan fingerprint density at radius 3 is 3.00 bits per heavy atom. The van der Waals surface area contributed by atoms with E-state index in [1.54, 1.807) is 6.20 Å². The Balaban J connectivity index is 2.77. The van der Waals surface area contributed by atoms with E-state index in [4.69, 9.17) is 5.73 Å². The zero-order chi connectivity index (χ0) is 9.68. The van der Waals surface area contributed by atoms with E-state index in [-0.39, 0.29) is 11.1 Å². The van der Waals surface area contributed by atoms with Crippen molar-refractivity contribution in [1.82, 2.24) is 4.98 Å². The molecule has 0 spiro atoms. The second-order valence-corrected chi connectivity index (χ2v) is 3.95. The summed E-state index contributed by atoms with van der Waals surface area (Å²) in [5.41, 5.74) is 5.57. The molecule has 1 aromatic rings. The molecule has 13 heavy (non-hydrogen) atoms. The lowest BCUT2D eigenvalue weighted by atomic mass is 10.4. The van der Waals surface area contributed by atoms with Gasteiger partial charge in [0.2, 0.25) is 0 Å². The van der Waals surface area contributed by atoms with Crippen molar-refractivity contribution in [3.63, 3.8) is 0 Å². The Kier molecular flexibility index (Phi) is 4.44. The van der Waals surface area contributed by atoms with Crippen LogP contribution in [0.5, 0.6) is 0 Å². The lowest BCUT2D eigenvalue weighted by Gasteiger charge is -2.06. The number of thiol groups is 2. The first-order valence-electron chi connectivity index (χ1n) is 3.79. The molecule has 72 valence electrons. The molecule has 1 aromatic heterocycles. The van der Waals surface area contributed by atoms with E-state index in [1.807, 2.05) is 18.2 Å². The van der Waals surface area contributed by atoms with Gasteiger partial charge in [0, 0.05) is 11.9 Å². The van der Waals surface area contributed by atoms with Crippen molar-refractivity contribution in [3.05, 3.63) is 24.4 Å². The van der Waals surface area contributed by atoms with Crippen LogP contribution in [0.3, 0.4) is 0 Å². The van der Waals surface area contributed by atoms with E-state index in [0.29, 0.717) is 17.1 Å². The predicted molar refractivity (Wildman–Crippen MR) is 61.0 cm³/mol. The van der Waals surface area contributed by atoms with Gasteiger partial charge in [-0.2, -0.15) is 12.6 Å². The van der Waals surface area contributed by atoms with Crippen molar-refractivity contribution < 1.29 is 5.11 Å². The van der Waals surface area contributed by atoms with Gasteiger partial charge >= 0.3 is 0 Å². The first-order valence-corrected chi connectivity index (χ1v) is 5.31. The summed E-state index contributed by atoms with van der Waals surface area (Å²) in [5, 5.41) is 10.5. The number of hydrogen-bond acceptors (Lipinski definition) is 3. The number of aromatic nitrogens is 1. The first kappa shape index (κ1) is 10.7. The summed E-state index contributed by atoms with van der Waals surface area (Å²) in [6, 6.07) is 5.15.